The van der Waals surface area contributed by atoms with E-state index < -0.39 is 0 Å². The highest BCUT2D eigenvalue weighted by Gasteiger charge is 2.21. The Morgan fingerprint density at radius 1 is 1.45 bits per heavy atom. The Labute approximate surface area is 128 Å². The van der Waals surface area contributed by atoms with Crippen molar-refractivity contribution in [2.75, 3.05) is 31.6 Å². The molecule has 0 spiro atoms. The molecule has 110 valence electrons. The Morgan fingerprint density at radius 2 is 2.25 bits per heavy atom. The van der Waals surface area contributed by atoms with Crippen LogP contribution in [0.5, 0.6) is 0 Å². The zero-order valence-corrected chi connectivity index (χ0v) is 12.6. The second-order valence-corrected chi connectivity index (χ2v) is 5.83. The van der Waals surface area contributed by atoms with Gasteiger partial charge in [0.15, 0.2) is 0 Å². The number of halogens is 3. The summed E-state index contributed by atoms with van der Waals surface area (Å²) in [5.74, 6) is -0.111. The Hall–Kier alpha value is -0.840. The maximum absolute atomic E-state index is 12.7. The lowest BCUT2D eigenvalue weighted by atomic mass is 9.99. The summed E-state index contributed by atoms with van der Waals surface area (Å²) in [7, 11) is 0. The van der Waals surface area contributed by atoms with Gasteiger partial charge in [0.2, 0.25) is 5.91 Å². The molecule has 1 aliphatic rings. The summed E-state index contributed by atoms with van der Waals surface area (Å²) in [5.41, 5.74) is 0.503. The molecule has 1 atom stereocenters. The normalized spacial score (nSPS) is 19.9. The number of nitrogens with one attached hydrogen (secondary N) is 1. The third-order valence-corrected chi connectivity index (χ3v) is 4.23. The van der Waals surface area contributed by atoms with Crippen LogP contribution in [0.15, 0.2) is 18.2 Å². The van der Waals surface area contributed by atoms with Crippen molar-refractivity contribution in [1.29, 1.82) is 0 Å². The number of benzene rings is 1. The molecule has 1 fully saturated rings. The minimum Gasteiger partial charge on any atom is -0.324 e. The maximum atomic E-state index is 12.7. The second kappa shape index (κ2) is 7.25. The van der Waals surface area contributed by atoms with E-state index >= 15 is 0 Å². The smallest absolute Gasteiger partial charge is 0.238 e. The van der Waals surface area contributed by atoms with Crippen LogP contribution in [0.1, 0.15) is 12.8 Å². The number of amides is 1. The van der Waals surface area contributed by atoms with Crippen LogP contribution in [-0.4, -0.2) is 37.1 Å². The predicted octanol–water partition coefficient (Wildman–Crippen LogP) is 3.61. The molecule has 20 heavy (non-hydrogen) atoms. The third-order valence-electron chi connectivity index (χ3n) is 3.41. The van der Waals surface area contributed by atoms with E-state index in [9.17, 15) is 9.18 Å². The van der Waals surface area contributed by atoms with Gasteiger partial charge in [0.05, 0.1) is 29.0 Å². The molecule has 1 aromatic carbocycles. The van der Waals surface area contributed by atoms with E-state index in [0.717, 1.165) is 19.4 Å². The fourth-order valence-corrected chi connectivity index (χ4v) is 2.76. The number of carbonyl (C=O) groups excluding carboxylic acids is 1. The van der Waals surface area contributed by atoms with Gasteiger partial charge in [0.1, 0.15) is 0 Å². The molecule has 2 rings (SSSR count). The van der Waals surface area contributed by atoms with Crippen molar-refractivity contribution in [2.24, 2.45) is 5.92 Å². The molecule has 1 heterocycles. The van der Waals surface area contributed by atoms with Gasteiger partial charge in [0.25, 0.3) is 0 Å². The number of rotatable bonds is 4. The minimum atomic E-state index is -0.321. The molecule has 0 bridgehead atoms. The molecule has 1 aromatic rings. The molecule has 0 aromatic heterocycles. The lowest BCUT2D eigenvalue weighted by Gasteiger charge is -2.30. The summed E-state index contributed by atoms with van der Waals surface area (Å²) in [6.45, 7) is 1.39. The lowest BCUT2D eigenvalue weighted by molar-refractivity contribution is -0.117. The summed E-state index contributed by atoms with van der Waals surface area (Å²) < 4.78 is 12.7. The van der Waals surface area contributed by atoms with E-state index in [0.29, 0.717) is 22.3 Å². The van der Waals surface area contributed by atoms with Crippen molar-refractivity contribution in [2.45, 2.75) is 12.8 Å². The van der Waals surface area contributed by atoms with Crippen molar-refractivity contribution in [3.8, 4) is 0 Å². The zero-order valence-electron chi connectivity index (χ0n) is 11.0. The number of anilines is 1. The van der Waals surface area contributed by atoms with Crippen molar-refractivity contribution < 1.29 is 9.18 Å². The van der Waals surface area contributed by atoms with E-state index in [2.05, 4.69) is 5.32 Å². The first-order chi connectivity index (χ1) is 9.60. The maximum Gasteiger partial charge on any atom is 0.238 e. The van der Waals surface area contributed by atoms with E-state index in [-0.39, 0.29) is 25.0 Å². The van der Waals surface area contributed by atoms with Crippen molar-refractivity contribution in [3.63, 3.8) is 0 Å². The summed E-state index contributed by atoms with van der Waals surface area (Å²) in [6.07, 6.45) is 1.83. The van der Waals surface area contributed by atoms with Crippen molar-refractivity contribution >= 4 is 34.8 Å². The third kappa shape index (κ3) is 4.08. The van der Waals surface area contributed by atoms with Crippen LogP contribution in [0.25, 0.3) is 0 Å². The second-order valence-electron chi connectivity index (χ2n) is 5.05. The van der Waals surface area contributed by atoms with Crippen LogP contribution >= 0.6 is 23.2 Å². The number of hydrogen-bond donors (Lipinski definition) is 1. The number of hydrogen-bond acceptors (Lipinski definition) is 2. The molecule has 6 heteroatoms. The van der Waals surface area contributed by atoms with Crippen LogP contribution in [0.3, 0.4) is 0 Å². The minimum absolute atomic E-state index is 0.0475. The summed E-state index contributed by atoms with van der Waals surface area (Å²) in [6, 6.07) is 5.09. The molecule has 1 aliphatic heterocycles. The number of alkyl halides is 1. The molecule has 1 N–H and O–H groups in total. The quantitative estimate of drug-likeness (QED) is 0.919. The van der Waals surface area contributed by atoms with E-state index in [1.165, 1.54) is 0 Å². The average molecular weight is 319 g/mol. The molecule has 3 nitrogen and oxygen atoms in total. The van der Waals surface area contributed by atoms with Crippen LogP contribution in [-0.2, 0) is 4.79 Å². The van der Waals surface area contributed by atoms with E-state index in [4.69, 9.17) is 23.2 Å². The van der Waals surface area contributed by atoms with Gasteiger partial charge in [-0.3, -0.25) is 14.1 Å². The Balaban J connectivity index is 1.90. The number of nitrogens with zero attached hydrogens (tertiary/aromatic N) is 1. The largest absolute Gasteiger partial charge is 0.324 e. The van der Waals surface area contributed by atoms with Gasteiger partial charge >= 0.3 is 0 Å². The molecule has 1 amide bonds. The first-order valence-corrected chi connectivity index (χ1v) is 7.38. The zero-order chi connectivity index (χ0) is 14.5. The predicted molar refractivity (Wildman–Crippen MR) is 80.2 cm³/mol. The highest BCUT2D eigenvalue weighted by Crippen LogP contribution is 2.29. The van der Waals surface area contributed by atoms with Gasteiger partial charge in [-0.25, -0.2) is 0 Å². The standard InChI is InChI=1S/C14H17Cl2FN2O/c15-11-4-1-5-12(14(11)16)18-13(20)9-19-6-2-3-10(7-17)8-19/h1,4-5,10H,2-3,6-9H2,(H,18,20). The van der Waals surface area contributed by atoms with Crippen LogP contribution in [0.2, 0.25) is 10.0 Å². The van der Waals surface area contributed by atoms with Crippen LogP contribution < -0.4 is 5.32 Å². The molecule has 0 radical (unpaired) electrons. The van der Waals surface area contributed by atoms with Gasteiger partial charge in [-0.05, 0) is 31.5 Å². The van der Waals surface area contributed by atoms with Crippen molar-refractivity contribution in [1.82, 2.24) is 4.90 Å². The Bertz CT molecular complexity index is 484. The SMILES string of the molecule is O=C(CN1CCCC(CF)C1)Nc1cccc(Cl)c1Cl. The van der Waals surface area contributed by atoms with Gasteiger partial charge < -0.3 is 5.32 Å². The highest BCUT2D eigenvalue weighted by molar-refractivity contribution is 6.43. The summed E-state index contributed by atoms with van der Waals surface area (Å²) in [4.78, 5) is 14.0. The summed E-state index contributed by atoms with van der Waals surface area (Å²) in [5, 5.41) is 3.48. The molecule has 1 saturated heterocycles. The van der Waals surface area contributed by atoms with Gasteiger partial charge in [-0.1, -0.05) is 29.3 Å². The van der Waals surface area contributed by atoms with Gasteiger partial charge in [-0.2, -0.15) is 0 Å². The van der Waals surface area contributed by atoms with Gasteiger partial charge in [-0.15, -0.1) is 0 Å². The molecular formula is C14H17Cl2FN2O. The monoisotopic (exact) mass is 318 g/mol. The first kappa shape index (κ1) is 15.5. The number of piperidine rings is 1. The molecule has 0 saturated carbocycles. The van der Waals surface area contributed by atoms with Gasteiger partial charge in [0, 0.05) is 12.5 Å². The molecular weight excluding hydrogens is 302 g/mol. The van der Waals surface area contributed by atoms with Crippen LogP contribution in [0.4, 0.5) is 10.1 Å². The fourth-order valence-electron chi connectivity index (χ4n) is 2.41. The van der Waals surface area contributed by atoms with E-state index in [1.807, 2.05) is 4.90 Å². The molecule has 0 aliphatic carbocycles. The van der Waals surface area contributed by atoms with Crippen molar-refractivity contribution in [3.05, 3.63) is 28.2 Å². The highest BCUT2D eigenvalue weighted by atomic mass is 35.5. The fraction of sp³-hybridized carbons (Fsp3) is 0.500. The summed E-state index contributed by atoms with van der Waals surface area (Å²) >= 11 is 11.9. The lowest BCUT2D eigenvalue weighted by Crippen LogP contribution is -2.41. The average Bonchev–Trinajstić information content (AvgIpc) is 2.44. The van der Waals surface area contributed by atoms with Crippen LogP contribution in [0, 0.1) is 5.92 Å². The number of likely N-dealkylation sites (tertiary alicyclic amines) is 1. The first-order valence-electron chi connectivity index (χ1n) is 6.62. The Kier molecular flexibility index (Phi) is 5.64. The topological polar surface area (TPSA) is 32.3 Å². The Morgan fingerprint density at radius 3 is 3.00 bits per heavy atom. The number of carbonyl (C=O) groups is 1. The molecule has 1 unspecified atom stereocenters. The van der Waals surface area contributed by atoms with E-state index in [1.54, 1.807) is 18.2 Å².